The summed E-state index contributed by atoms with van der Waals surface area (Å²) in [7, 11) is 1.63. The van der Waals surface area contributed by atoms with Gasteiger partial charge in [-0.05, 0) is 31.9 Å². The van der Waals surface area contributed by atoms with E-state index in [9.17, 15) is 0 Å². The first-order valence-electron chi connectivity index (χ1n) is 9.30. The second-order valence-electron chi connectivity index (χ2n) is 6.53. The number of methoxy groups -OCH3 is 1. The standard InChI is InChI=1S/C20H30N4O3.HI/c1-6-21-20(23-13-16-11-17(14(2)3)24-27-16)22-12-15(4)26-19-10-8-7-9-18(19)25-5;/h7-11,14-15H,6,12-13H2,1-5H3,(H2,21,22,23);1H. The third-order valence-electron chi connectivity index (χ3n) is 3.86. The SMILES string of the molecule is CCNC(=NCc1cc(C(C)C)no1)NCC(C)Oc1ccccc1OC.I. The van der Waals surface area contributed by atoms with Crippen LogP contribution in [0.25, 0.3) is 0 Å². The van der Waals surface area contributed by atoms with E-state index in [1.807, 2.05) is 44.2 Å². The molecule has 0 amide bonds. The summed E-state index contributed by atoms with van der Waals surface area (Å²) in [6.45, 7) is 9.97. The summed E-state index contributed by atoms with van der Waals surface area (Å²) in [5, 5.41) is 10.6. The van der Waals surface area contributed by atoms with Gasteiger partial charge in [-0.3, -0.25) is 0 Å². The fourth-order valence-electron chi connectivity index (χ4n) is 2.39. The highest BCUT2D eigenvalue weighted by atomic mass is 127. The van der Waals surface area contributed by atoms with Crippen molar-refractivity contribution in [1.29, 1.82) is 0 Å². The number of nitrogens with one attached hydrogen (secondary N) is 2. The first-order valence-corrected chi connectivity index (χ1v) is 9.30. The molecule has 0 spiro atoms. The second kappa shape index (κ2) is 12.5. The number of nitrogens with zero attached hydrogens (tertiary/aromatic N) is 2. The van der Waals surface area contributed by atoms with Gasteiger partial charge in [0.25, 0.3) is 0 Å². The summed E-state index contributed by atoms with van der Waals surface area (Å²) < 4.78 is 16.6. The van der Waals surface area contributed by atoms with Crippen molar-refractivity contribution in [3.05, 3.63) is 41.8 Å². The molecule has 0 aliphatic rings. The molecule has 2 rings (SSSR count). The molecule has 1 aromatic heterocycles. The largest absolute Gasteiger partial charge is 0.493 e. The quantitative estimate of drug-likeness (QED) is 0.307. The lowest BCUT2D eigenvalue weighted by Gasteiger charge is -2.18. The fourth-order valence-corrected chi connectivity index (χ4v) is 2.39. The van der Waals surface area contributed by atoms with E-state index in [1.54, 1.807) is 7.11 Å². The Bertz CT molecular complexity index is 734. The van der Waals surface area contributed by atoms with Gasteiger partial charge in [-0.1, -0.05) is 31.1 Å². The lowest BCUT2D eigenvalue weighted by atomic mass is 10.1. The van der Waals surface area contributed by atoms with Gasteiger partial charge in [-0.15, -0.1) is 24.0 Å². The average Bonchev–Trinajstić information content (AvgIpc) is 3.14. The third-order valence-corrected chi connectivity index (χ3v) is 3.86. The number of para-hydroxylation sites is 2. The Morgan fingerprint density at radius 1 is 1.18 bits per heavy atom. The van der Waals surface area contributed by atoms with Gasteiger partial charge in [-0.2, -0.15) is 0 Å². The first-order chi connectivity index (χ1) is 13.0. The molecule has 1 unspecified atom stereocenters. The van der Waals surface area contributed by atoms with E-state index in [0.29, 0.717) is 25.0 Å². The maximum absolute atomic E-state index is 5.96. The van der Waals surface area contributed by atoms with E-state index in [-0.39, 0.29) is 30.1 Å². The number of halogens is 1. The molecule has 7 nitrogen and oxygen atoms in total. The number of benzene rings is 1. The lowest BCUT2D eigenvalue weighted by Crippen LogP contribution is -2.41. The second-order valence-corrected chi connectivity index (χ2v) is 6.53. The highest BCUT2D eigenvalue weighted by Crippen LogP contribution is 2.26. The molecule has 0 saturated heterocycles. The predicted molar refractivity (Wildman–Crippen MR) is 122 cm³/mol. The molecule has 0 fully saturated rings. The summed E-state index contributed by atoms with van der Waals surface area (Å²) in [4.78, 5) is 4.55. The zero-order valence-corrected chi connectivity index (χ0v) is 19.5. The van der Waals surface area contributed by atoms with Crippen LogP contribution in [0.2, 0.25) is 0 Å². The van der Waals surface area contributed by atoms with Crippen molar-refractivity contribution < 1.29 is 14.0 Å². The minimum absolute atomic E-state index is 0. The number of rotatable bonds is 9. The molecule has 0 aliphatic heterocycles. The third kappa shape index (κ3) is 7.57. The minimum Gasteiger partial charge on any atom is -0.493 e. The number of aliphatic imine (C=N–C) groups is 1. The van der Waals surface area contributed by atoms with Crippen LogP contribution in [0.5, 0.6) is 11.5 Å². The van der Waals surface area contributed by atoms with E-state index in [1.165, 1.54) is 0 Å². The molecule has 2 aromatic rings. The molecule has 0 bridgehead atoms. The number of aromatic nitrogens is 1. The van der Waals surface area contributed by atoms with Crippen LogP contribution >= 0.6 is 24.0 Å². The number of guanidine groups is 1. The topological polar surface area (TPSA) is 80.9 Å². The fraction of sp³-hybridized carbons (Fsp3) is 0.500. The van der Waals surface area contributed by atoms with E-state index in [0.717, 1.165) is 29.5 Å². The van der Waals surface area contributed by atoms with Crippen LogP contribution in [-0.2, 0) is 6.54 Å². The Labute approximate surface area is 184 Å². The normalized spacial score (nSPS) is 12.3. The monoisotopic (exact) mass is 502 g/mol. The molecule has 2 N–H and O–H groups in total. The summed E-state index contributed by atoms with van der Waals surface area (Å²) >= 11 is 0. The van der Waals surface area contributed by atoms with E-state index in [2.05, 4.69) is 34.6 Å². The van der Waals surface area contributed by atoms with Crippen molar-refractivity contribution >= 4 is 29.9 Å². The number of hydrogen-bond acceptors (Lipinski definition) is 5. The van der Waals surface area contributed by atoms with Crippen molar-refractivity contribution in [3.63, 3.8) is 0 Å². The van der Waals surface area contributed by atoms with Gasteiger partial charge in [0.15, 0.2) is 23.2 Å². The molecule has 8 heteroatoms. The molecule has 156 valence electrons. The smallest absolute Gasteiger partial charge is 0.191 e. The maximum atomic E-state index is 5.96. The van der Waals surface area contributed by atoms with Crippen molar-refractivity contribution in [1.82, 2.24) is 15.8 Å². The molecule has 0 aliphatic carbocycles. The zero-order valence-electron chi connectivity index (χ0n) is 17.2. The Balaban J connectivity index is 0.00000392. The number of ether oxygens (including phenoxy) is 2. The van der Waals surface area contributed by atoms with Gasteiger partial charge in [0.05, 0.1) is 19.3 Å². The van der Waals surface area contributed by atoms with Gasteiger partial charge in [0.2, 0.25) is 0 Å². The van der Waals surface area contributed by atoms with Crippen LogP contribution in [0.4, 0.5) is 0 Å². The molecular weight excluding hydrogens is 471 g/mol. The summed E-state index contributed by atoms with van der Waals surface area (Å²) in [6, 6.07) is 9.56. The summed E-state index contributed by atoms with van der Waals surface area (Å²) in [6.07, 6.45) is -0.0667. The first kappa shape index (κ1) is 24.1. The van der Waals surface area contributed by atoms with Crippen molar-refractivity contribution in [2.45, 2.75) is 46.3 Å². The molecule has 1 aromatic carbocycles. The van der Waals surface area contributed by atoms with Gasteiger partial charge >= 0.3 is 0 Å². The van der Waals surface area contributed by atoms with E-state index < -0.39 is 0 Å². The van der Waals surface area contributed by atoms with Gasteiger partial charge < -0.3 is 24.6 Å². The van der Waals surface area contributed by atoms with Crippen LogP contribution in [0.3, 0.4) is 0 Å². The minimum atomic E-state index is -0.0667. The van der Waals surface area contributed by atoms with Crippen LogP contribution in [-0.4, -0.2) is 37.4 Å². The zero-order chi connectivity index (χ0) is 19.6. The molecule has 1 atom stereocenters. The molecule has 1 heterocycles. The van der Waals surface area contributed by atoms with Gasteiger partial charge in [0, 0.05) is 12.6 Å². The van der Waals surface area contributed by atoms with E-state index >= 15 is 0 Å². The van der Waals surface area contributed by atoms with Crippen LogP contribution < -0.4 is 20.1 Å². The molecule has 0 saturated carbocycles. The van der Waals surface area contributed by atoms with Crippen LogP contribution in [0.15, 0.2) is 39.8 Å². The lowest BCUT2D eigenvalue weighted by molar-refractivity contribution is 0.213. The van der Waals surface area contributed by atoms with Gasteiger partial charge in [0.1, 0.15) is 12.6 Å². The van der Waals surface area contributed by atoms with Crippen molar-refractivity contribution in [2.75, 3.05) is 20.2 Å². The van der Waals surface area contributed by atoms with Crippen LogP contribution in [0, 0.1) is 0 Å². The Kier molecular flexibility index (Phi) is 10.7. The summed E-state index contributed by atoms with van der Waals surface area (Å²) in [5.41, 5.74) is 0.942. The Morgan fingerprint density at radius 3 is 2.50 bits per heavy atom. The highest BCUT2D eigenvalue weighted by Gasteiger charge is 2.10. The Morgan fingerprint density at radius 2 is 1.89 bits per heavy atom. The summed E-state index contributed by atoms with van der Waals surface area (Å²) in [5.74, 6) is 3.23. The maximum Gasteiger partial charge on any atom is 0.191 e. The Hall–Kier alpha value is -1.97. The van der Waals surface area contributed by atoms with Crippen molar-refractivity contribution in [3.8, 4) is 11.5 Å². The molecular formula is C20H31IN4O3. The van der Waals surface area contributed by atoms with E-state index in [4.69, 9.17) is 14.0 Å². The molecule has 0 radical (unpaired) electrons. The highest BCUT2D eigenvalue weighted by molar-refractivity contribution is 14.0. The van der Waals surface area contributed by atoms with Crippen molar-refractivity contribution in [2.24, 2.45) is 4.99 Å². The average molecular weight is 502 g/mol. The van der Waals surface area contributed by atoms with Gasteiger partial charge in [-0.25, -0.2) is 4.99 Å². The number of hydrogen-bond donors (Lipinski definition) is 2. The molecule has 28 heavy (non-hydrogen) atoms. The predicted octanol–water partition coefficient (Wildman–Crippen LogP) is 3.95. The van der Waals surface area contributed by atoms with Crippen LogP contribution in [0.1, 0.15) is 45.1 Å².